The number of alkyl halides is 3. The van der Waals surface area contributed by atoms with Gasteiger partial charge in [0.1, 0.15) is 16.5 Å². The van der Waals surface area contributed by atoms with E-state index in [1.807, 2.05) is 0 Å². The first-order valence-electron chi connectivity index (χ1n) is 8.24. The maximum Gasteiger partial charge on any atom is 0.416 e. The minimum absolute atomic E-state index is 0.0619. The van der Waals surface area contributed by atoms with Crippen LogP contribution in [0.15, 0.2) is 46.1 Å². The number of halogens is 4. The monoisotopic (exact) mass is 443 g/mol. The molecular formula is C18H13ClF3N3O5. The lowest BCUT2D eigenvalue weighted by atomic mass is 10.1. The van der Waals surface area contributed by atoms with Gasteiger partial charge in [0.2, 0.25) is 5.43 Å². The van der Waals surface area contributed by atoms with Gasteiger partial charge < -0.3 is 15.9 Å². The molecule has 1 aromatic carbocycles. The number of carboxylic acids is 1. The lowest BCUT2D eigenvalue weighted by Crippen LogP contribution is -2.51. The summed E-state index contributed by atoms with van der Waals surface area (Å²) in [4.78, 5) is 36.6. The lowest BCUT2D eigenvalue weighted by molar-refractivity contribution is -0.138. The largest absolute Gasteiger partial charge is 0.509 e. The van der Waals surface area contributed by atoms with Crippen molar-refractivity contribution in [1.82, 2.24) is 9.20 Å². The Morgan fingerprint density at radius 1 is 1.17 bits per heavy atom. The summed E-state index contributed by atoms with van der Waals surface area (Å²) in [6.45, 7) is -0.304. The molecule has 0 saturated heterocycles. The minimum atomic E-state index is -4.54. The number of aliphatic hydroxyl groups excluding tert-OH is 1. The van der Waals surface area contributed by atoms with Crippen molar-refractivity contribution in [2.75, 3.05) is 0 Å². The molecule has 0 aliphatic carbocycles. The molecule has 12 heteroatoms. The number of rotatable bonds is 4. The molecule has 0 saturated carbocycles. The van der Waals surface area contributed by atoms with Crippen molar-refractivity contribution in [3.8, 4) is 0 Å². The molecule has 0 aliphatic heterocycles. The zero-order valence-corrected chi connectivity index (χ0v) is 15.6. The number of fused-ring (bicyclic) bond motifs is 1. The average Bonchev–Trinajstić information content (AvgIpc) is 3.06. The Morgan fingerprint density at radius 2 is 1.77 bits per heavy atom. The number of aromatic nitrogens is 2. The number of carbonyl (C=O) groups is 1. The number of benzene rings is 1. The summed E-state index contributed by atoms with van der Waals surface area (Å²) < 4.78 is 40.2. The smallest absolute Gasteiger partial charge is 0.416 e. The van der Waals surface area contributed by atoms with Gasteiger partial charge in [-0.2, -0.15) is 13.2 Å². The van der Waals surface area contributed by atoms with Crippen LogP contribution < -0.4 is 21.9 Å². The summed E-state index contributed by atoms with van der Waals surface area (Å²) in [6.07, 6.45) is -3.32. The van der Waals surface area contributed by atoms with Crippen LogP contribution in [0.3, 0.4) is 0 Å². The minimum Gasteiger partial charge on any atom is -0.509 e. The van der Waals surface area contributed by atoms with Gasteiger partial charge in [0.05, 0.1) is 17.1 Å². The van der Waals surface area contributed by atoms with Gasteiger partial charge in [-0.15, -0.1) is 0 Å². The van der Waals surface area contributed by atoms with Crippen molar-refractivity contribution in [2.45, 2.75) is 18.8 Å². The quantitative estimate of drug-likeness (QED) is 0.551. The number of aliphatic hydroxyl groups is 1. The number of nitrogens with two attached hydrogens (primary N) is 1. The van der Waals surface area contributed by atoms with Gasteiger partial charge in [0.15, 0.2) is 6.04 Å². The fraction of sp³-hybridized carbons (Fsp3) is 0.167. The fourth-order valence-corrected chi connectivity index (χ4v) is 3.06. The van der Waals surface area contributed by atoms with Gasteiger partial charge in [0, 0.05) is 6.20 Å². The molecule has 0 amide bonds. The molecule has 1 unspecified atom stereocenters. The van der Waals surface area contributed by atoms with Crippen LogP contribution in [0.4, 0.5) is 13.2 Å². The molecule has 2 heterocycles. The van der Waals surface area contributed by atoms with Crippen molar-refractivity contribution < 1.29 is 28.2 Å². The maximum atomic E-state index is 12.9. The van der Waals surface area contributed by atoms with Crippen molar-refractivity contribution in [3.05, 3.63) is 78.5 Å². The highest BCUT2D eigenvalue weighted by molar-refractivity contribution is 6.31. The molecule has 0 bridgehead atoms. The predicted molar refractivity (Wildman–Crippen MR) is 100 cm³/mol. The number of carboxylic acid groups (broad SMARTS) is 1. The van der Waals surface area contributed by atoms with Gasteiger partial charge in [-0.25, -0.2) is 4.68 Å². The summed E-state index contributed by atoms with van der Waals surface area (Å²) in [6, 6.07) is 3.10. The Morgan fingerprint density at radius 3 is 2.30 bits per heavy atom. The van der Waals surface area contributed by atoms with Crippen molar-refractivity contribution in [3.63, 3.8) is 0 Å². The third-order valence-electron chi connectivity index (χ3n) is 4.37. The van der Waals surface area contributed by atoms with Gasteiger partial charge in [-0.05, 0) is 23.8 Å². The van der Waals surface area contributed by atoms with Crippen LogP contribution >= 0.6 is 11.6 Å². The number of hydrogen-bond acceptors (Lipinski definition) is 5. The molecule has 2 aromatic heterocycles. The summed E-state index contributed by atoms with van der Waals surface area (Å²) in [7, 11) is 0. The maximum absolute atomic E-state index is 12.9. The van der Waals surface area contributed by atoms with E-state index in [0.29, 0.717) is 0 Å². The summed E-state index contributed by atoms with van der Waals surface area (Å²) >= 11 is 5.91. The van der Waals surface area contributed by atoms with Crippen LogP contribution in [0, 0.1) is 0 Å². The number of aliphatic carboxylic acids is 1. The Bertz CT molecular complexity index is 1310. The molecule has 4 N–H and O–H groups in total. The Kier molecular flexibility index (Phi) is 5.35. The molecule has 0 fully saturated rings. The van der Waals surface area contributed by atoms with Crippen molar-refractivity contribution in [2.24, 2.45) is 5.73 Å². The highest BCUT2D eigenvalue weighted by Crippen LogP contribution is 2.29. The lowest BCUT2D eigenvalue weighted by Gasteiger charge is -2.12. The van der Waals surface area contributed by atoms with Crippen molar-refractivity contribution in [1.29, 1.82) is 0 Å². The molecule has 0 radical (unpaired) electrons. The third kappa shape index (κ3) is 3.76. The topological polar surface area (TPSA) is 127 Å². The number of hydrogen-bond donors (Lipinski definition) is 3. The fourth-order valence-electron chi connectivity index (χ4n) is 2.86. The van der Waals surface area contributed by atoms with Crippen LogP contribution in [0.25, 0.3) is 11.3 Å². The summed E-state index contributed by atoms with van der Waals surface area (Å²) in [5.41, 5.74) is 2.46. The molecule has 158 valence electrons. The van der Waals surface area contributed by atoms with Crippen LogP contribution in [-0.4, -0.2) is 31.4 Å². The van der Waals surface area contributed by atoms with E-state index in [1.165, 1.54) is 12.3 Å². The van der Waals surface area contributed by atoms with E-state index < -0.39 is 45.7 Å². The van der Waals surface area contributed by atoms with Gasteiger partial charge in [-0.1, -0.05) is 23.7 Å². The molecular weight excluding hydrogens is 431 g/mol. The first-order valence-corrected chi connectivity index (χ1v) is 8.62. The van der Waals surface area contributed by atoms with E-state index in [9.17, 15) is 32.7 Å². The first-order chi connectivity index (χ1) is 13.9. The van der Waals surface area contributed by atoms with E-state index in [4.69, 9.17) is 22.4 Å². The molecule has 0 aliphatic rings. The Hall–Kier alpha value is -3.31. The van der Waals surface area contributed by atoms with E-state index >= 15 is 0 Å². The second-order valence-electron chi connectivity index (χ2n) is 6.35. The van der Waals surface area contributed by atoms with Gasteiger partial charge in [0.25, 0.3) is 5.56 Å². The highest BCUT2D eigenvalue weighted by Gasteiger charge is 2.30. The molecule has 1 atom stereocenters. The summed E-state index contributed by atoms with van der Waals surface area (Å²) in [5.74, 6) is -2.81. The normalized spacial score (nSPS) is 14.0. The van der Waals surface area contributed by atoms with E-state index in [-0.39, 0.29) is 22.6 Å². The van der Waals surface area contributed by atoms with Crippen LogP contribution in [0.1, 0.15) is 11.1 Å². The highest BCUT2D eigenvalue weighted by atomic mass is 35.5. The zero-order chi connectivity index (χ0) is 22.4. The molecule has 30 heavy (non-hydrogen) atoms. The molecule has 0 spiro atoms. The Labute approximate surface area is 169 Å². The second-order valence-corrected chi connectivity index (χ2v) is 6.79. The van der Waals surface area contributed by atoms with Crippen LogP contribution in [0.5, 0.6) is 0 Å². The summed E-state index contributed by atoms with van der Waals surface area (Å²) in [5, 5.41) is 18.3. The van der Waals surface area contributed by atoms with Gasteiger partial charge >= 0.3 is 12.1 Å². The number of nitrogens with zero attached hydrogens (tertiary/aromatic N) is 2. The van der Waals surface area contributed by atoms with Gasteiger partial charge in [-0.3, -0.25) is 18.9 Å². The first kappa shape index (κ1) is 21.4. The molecule has 8 nitrogen and oxygen atoms in total. The third-order valence-corrected chi connectivity index (χ3v) is 4.57. The SMILES string of the molecule is NC(C(=O)O)C(O)=c1c(=O)c2cc(Cl)cn2n(Cc2ccc(C(F)(F)F)cc2)c1=O. The Balaban J connectivity index is 2.27. The van der Waals surface area contributed by atoms with E-state index in [0.717, 1.165) is 33.5 Å². The predicted octanol–water partition coefficient (Wildman–Crippen LogP) is 0.979. The van der Waals surface area contributed by atoms with Crippen molar-refractivity contribution >= 4 is 28.8 Å². The average molecular weight is 444 g/mol. The van der Waals surface area contributed by atoms with E-state index in [1.54, 1.807) is 0 Å². The molecule has 3 rings (SSSR count). The zero-order valence-electron chi connectivity index (χ0n) is 14.9. The molecule has 3 aromatic rings. The second kappa shape index (κ2) is 7.50. The van der Waals surface area contributed by atoms with E-state index in [2.05, 4.69) is 0 Å². The van der Waals surface area contributed by atoms with Crippen LogP contribution in [-0.2, 0) is 17.5 Å². The van der Waals surface area contributed by atoms with Crippen LogP contribution in [0.2, 0.25) is 5.02 Å². The standard InChI is InChI=1S/C18H13ClF3N3O5/c19-10-5-11-14(26)12(15(27)13(23)17(29)30)16(28)25(24(11)7-10)6-8-1-3-9(4-2-8)18(20,21)22/h1-5,7,13,27H,6,23H2,(H,29,30).